The third-order valence-electron chi connectivity index (χ3n) is 3.67. The van der Waals surface area contributed by atoms with Crippen LogP contribution >= 0.6 is 0 Å². The highest BCUT2D eigenvalue weighted by molar-refractivity contribution is 5.70. The summed E-state index contributed by atoms with van der Waals surface area (Å²) in [6, 6.07) is -1.37. The second-order valence-electron chi connectivity index (χ2n) is 4.65. The Morgan fingerprint density at radius 1 is 1.24 bits per heavy atom. The average molecular weight is 244 g/mol. The van der Waals surface area contributed by atoms with Crippen LogP contribution in [0.15, 0.2) is 0 Å². The summed E-state index contributed by atoms with van der Waals surface area (Å²) in [7, 11) is 0. The standard InChI is InChI=1S/C10H16N2O5/c1-5(13)8-7-3-2-6(12(7)10(16)17)4-11(8)9(14)15/h5-8,13H,2-4H2,1H3,(H,14,15)(H,16,17)/t5?,6-,7+,8-/m1/s1. The lowest BCUT2D eigenvalue weighted by atomic mass is 9.99. The Kier molecular flexibility index (Phi) is 2.86. The number of nitrogens with zero attached hydrogens (tertiary/aromatic N) is 2. The van der Waals surface area contributed by atoms with Crippen molar-refractivity contribution >= 4 is 12.2 Å². The zero-order valence-electron chi connectivity index (χ0n) is 9.48. The van der Waals surface area contributed by atoms with Crippen LogP contribution in [-0.4, -0.2) is 68.1 Å². The predicted octanol–water partition coefficient (Wildman–Crippen LogP) is 0.240. The lowest BCUT2D eigenvalue weighted by Crippen LogP contribution is -2.65. The van der Waals surface area contributed by atoms with Crippen molar-refractivity contribution in [3.05, 3.63) is 0 Å². The van der Waals surface area contributed by atoms with E-state index < -0.39 is 30.4 Å². The highest BCUT2D eigenvalue weighted by atomic mass is 16.4. The molecule has 1 unspecified atom stereocenters. The number of aliphatic hydroxyl groups excluding tert-OH is 1. The summed E-state index contributed by atoms with van der Waals surface area (Å²) in [6.45, 7) is 1.65. The van der Waals surface area contributed by atoms with Crippen molar-refractivity contribution in [3.63, 3.8) is 0 Å². The van der Waals surface area contributed by atoms with E-state index in [1.807, 2.05) is 0 Å². The summed E-state index contributed by atoms with van der Waals surface area (Å²) in [4.78, 5) is 24.7. The second-order valence-corrected chi connectivity index (χ2v) is 4.65. The normalized spacial score (nSPS) is 33.6. The van der Waals surface area contributed by atoms with Crippen LogP contribution in [0, 0.1) is 0 Å². The molecular weight excluding hydrogens is 228 g/mol. The van der Waals surface area contributed by atoms with E-state index in [2.05, 4.69) is 0 Å². The van der Waals surface area contributed by atoms with E-state index in [9.17, 15) is 14.7 Å². The molecule has 17 heavy (non-hydrogen) atoms. The number of rotatable bonds is 1. The van der Waals surface area contributed by atoms with Gasteiger partial charge in [0.25, 0.3) is 0 Å². The molecule has 2 heterocycles. The molecule has 2 saturated heterocycles. The molecule has 4 atom stereocenters. The fraction of sp³-hybridized carbons (Fsp3) is 0.800. The minimum absolute atomic E-state index is 0.147. The van der Waals surface area contributed by atoms with Gasteiger partial charge in [0.1, 0.15) is 0 Å². The maximum Gasteiger partial charge on any atom is 0.407 e. The van der Waals surface area contributed by atoms with E-state index in [-0.39, 0.29) is 12.6 Å². The van der Waals surface area contributed by atoms with Gasteiger partial charge < -0.3 is 15.3 Å². The van der Waals surface area contributed by atoms with Crippen molar-refractivity contribution in [3.8, 4) is 0 Å². The van der Waals surface area contributed by atoms with Gasteiger partial charge in [0.2, 0.25) is 0 Å². The van der Waals surface area contributed by atoms with E-state index in [0.717, 1.165) is 0 Å². The maximum atomic E-state index is 11.1. The lowest BCUT2D eigenvalue weighted by Gasteiger charge is -2.45. The molecule has 0 saturated carbocycles. The first kappa shape index (κ1) is 12.0. The van der Waals surface area contributed by atoms with Gasteiger partial charge in [0.15, 0.2) is 0 Å². The monoisotopic (exact) mass is 244 g/mol. The summed E-state index contributed by atoms with van der Waals surface area (Å²) in [5, 5.41) is 27.9. The molecule has 3 N–H and O–H groups in total. The molecule has 2 aliphatic heterocycles. The van der Waals surface area contributed by atoms with E-state index >= 15 is 0 Å². The number of hydrogen-bond acceptors (Lipinski definition) is 3. The molecule has 2 bridgehead atoms. The first-order chi connectivity index (χ1) is 7.93. The minimum atomic E-state index is -1.10. The quantitative estimate of drug-likeness (QED) is 0.613. The van der Waals surface area contributed by atoms with E-state index in [4.69, 9.17) is 10.2 Å². The Balaban J connectivity index is 2.30. The number of piperazine rings is 1. The molecule has 7 nitrogen and oxygen atoms in total. The molecule has 2 fully saturated rings. The van der Waals surface area contributed by atoms with Crippen molar-refractivity contribution in [2.45, 2.75) is 44.0 Å². The van der Waals surface area contributed by atoms with Gasteiger partial charge in [-0.2, -0.15) is 0 Å². The van der Waals surface area contributed by atoms with Gasteiger partial charge in [-0.3, -0.25) is 9.80 Å². The van der Waals surface area contributed by atoms with Crippen molar-refractivity contribution < 1.29 is 24.9 Å². The van der Waals surface area contributed by atoms with Gasteiger partial charge in [-0.25, -0.2) is 9.59 Å². The van der Waals surface area contributed by atoms with Gasteiger partial charge in [-0.1, -0.05) is 0 Å². The van der Waals surface area contributed by atoms with Crippen molar-refractivity contribution in [1.29, 1.82) is 0 Å². The Morgan fingerprint density at radius 3 is 2.35 bits per heavy atom. The zero-order valence-corrected chi connectivity index (χ0v) is 9.48. The van der Waals surface area contributed by atoms with Crippen molar-refractivity contribution in [2.24, 2.45) is 0 Å². The zero-order chi connectivity index (χ0) is 12.7. The number of carbonyl (C=O) groups is 2. The van der Waals surface area contributed by atoms with E-state index in [1.54, 1.807) is 0 Å². The molecule has 2 aliphatic rings. The summed E-state index contributed by atoms with van der Waals surface area (Å²) in [5.41, 5.74) is 0. The second kappa shape index (κ2) is 4.06. The van der Waals surface area contributed by atoms with Gasteiger partial charge in [-0.15, -0.1) is 0 Å². The van der Waals surface area contributed by atoms with Crippen molar-refractivity contribution in [2.75, 3.05) is 6.54 Å². The van der Waals surface area contributed by atoms with Crippen LogP contribution in [0.25, 0.3) is 0 Å². The van der Waals surface area contributed by atoms with Crippen LogP contribution in [0.2, 0.25) is 0 Å². The Hall–Kier alpha value is -1.50. The molecule has 96 valence electrons. The predicted molar refractivity (Wildman–Crippen MR) is 56.9 cm³/mol. The van der Waals surface area contributed by atoms with Crippen LogP contribution in [-0.2, 0) is 0 Å². The molecule has 0 aromatic carbocycles. The van der Waals surface area contributed by atoms with Crippen LogP contribution in [0.4, 0.5) is 9.59 Å². The summed E-state index contributed by atoms with van der Waals surface area (Å²) in [5.74, 6) is 0. The first-order valence-corrected chi connectivity index (χ1v) is 5.62. The van der Waals surface area contributed by atoms with Gasteiger partial charge in [0, 0.05) is 6.54 Å². The molecule has 0 spiro atoms. The highest BCUT2D eigenvalue weighted by Crippen LogP contribution is 2.35. The third kappa shape index (κ3) is 1.80. The Bertz CT molecular complexity index is 346. The molecular formula is C10H16N2O5. The first-order valence-electron chi connectivity index (χ1n) is 5.62. The fourth-order valence-electron chi connectivity index (χ4n) is 3.07. The minimum Gasteiger partial charge on any atom is -0.465 e. The Labute approximate surface area is 98.2 Å². The third-order valence-corrected chi connectivity index (χ3v) is 3.67. The molecule has 0 aromatic rings. The topological polar surface area (TPSA) is 101 Å². The van der Waals surface area contributed by atoms with Gasteiger partial charge in [0.05, 0.1) is 24.2 Å². The molecule has 7 heteroatoms. The van der Waals surface area contributed by atoms with Gasteiger partial charge >= 0.3 is 12.2 Å². The summed E-state index contributed by atoms with van der Waals surface area (Å²) < 4.78 is 0. The van der Waals surface area contributed by atoms with Gasteiger partial charge in [-0.05, 0) is 19.8 Å². The number of fused-ring (bicyclic) bond motifs is 2. The average Bonchev–Trinajstić information content (AvgIpc) is 2.52. The number of likely N-dealkylation sites (tertiary alicyclic amines) is 1. The molecule has 0 aromatic heterocycles. The fourth-order valence-corrected chi connectivity index (χ4v) is 3.07. The molecule has 2 rings (SSSR count). The number of amides is 2. The smallest absolute Gasteiger partial charge is 0.407 e. The molecule has 2 amide bonds. The van der Waals surface area contributed by atoms with E-state index in [1.165, 1.54) is 16.7 Å². The summed E-state index contributed by atoms with van der Waals surface area (Å²) in [6.07, 6.45) is -1.75. The molecule has 0 radical (unpaired) electrons. The largest absolute Gasteiger partial charge is 0.465 e. The maximum absolute atomic E-state index is 11.1. The molecule has 0 aliphatic carbocycles. The highest BCUT2D eigenvalue weighted by Gasteiger charge is 2.51. The summed E-state index contributed by atoms with van der Waals surface area (Å²) >= 11 is 0. The SMILES string of the molecule is CC(O)[C@@H]1[C@@H]2CC[C@H](CN1C(=O)O)N2C(=O)O. The Morgan fingerprint density at radius 2 is 1.88 bits per heavy atom. The lowest BCUT2D eigenvalue weighted by molar-refractivity contribution is -0.0222. The van der Waals surface area contributed by atoms with Crippen LogP contribution in [0.5, 0.6) is 0 Å². The number of aliphatic hydroxyl groups is 1. The van der Waals surface area contributed by atoms with Crippen LogP contribution in [0.1, 0.15) is 19.8 Å². The van der Waals surface area contributed by atoms with Crippen LogP contribution < -0.4 is 0 Å². The van der Waals surface area contributed by atoms with Crippen molar-refractivity contribution in [1.82, 2.24) is 9.80 Å². The number of hydrogen-bond donors (Lipinski definition) is 3. The number of carboxylic acid groups (broad SMARTS) is 2. The van der Waals surface area contributed by atoms with Crippen LogP contribution in [0.3, 0.4) is 0 Å². The van der Waals surface area contributed by atoms with E-state index in [0.29, 0.717) is 12.8 Å².